The number of benzene rings is 1. The highest BCUT2D eigenvalue weighted by Gasteiger charge is 2.29. The van der Waals surface area contributed by atoms with Crippen molar-refractivity contribution in [1.29, 1.82) is 0 Å². The molecule has 9 heteroatoms. The quantitative estimate of drug-likeness (QED) is 0.799. The van der Waals surface area contributed by atoms with Crippen molar-refractivity contribution in [2.24, 2.45) is 11.1 Å². The number of sulfone groups is 1. The van der Waals surface area contributed by atoms with Gasteiger partial charge in [-0.05, 0) is 36.6 Å². The molecule has 0 spiro atoms. The van der Waals surface area contributed by atoms with Crippen molar-refractivity contribution in [1.82, 2.24) is 4.31 Å². The maximum atomic E-state index is 12.7. The summed E-state index contributed by atoms with van der Waals surface area (Å²) in [5, 5.41) is 0. The molecule has 0 aliphatic rings. The fraction of sp³-hybridized carbons (Fsp3) is 0.571. The lowest BCUT2D eigenvalue weighted by atomic mass is 9.94. The van der Waals surface area contributed by atoms with Crippen LogP contribution in [0.15, 0.2) is 28.0 Å². The summed E-state index contributed by atoms with van der Waals surface area (Å²) in [4.78, 5) is -0.00564. The lowest BCUT2D eigenvalue weighted by Gasteiger charge is -2.29. The zero-order chi connectivity index (χ0) is 17.3. The number of hydrogen-bond acceptors (Lipinski definition) is 5. The zero-order valence-corrected chi connectivity index (χ0v) is 16.5. The molecule has 2 N–H and O–H groups in total. The van der Waals surface area contributed by atoms with Gasteiger partial charge in [-0.25, -0.2) is 21.1 Å². The topological polar surface area (TPSA) is 97.5 Å². The first kappa shape index (κ1) is 22.3. The Kier molecular flexibility index (Phi) is 7.26. The highest BCUT2D eigenvalue weighted by atomic mass is 35.5. The van der Waals surface area contributed by atoms with E-state index in [0.717, 1.165) is 6.26 Å². The van der Waals surface area contributed by atoms with E-state index in [1.165, 1.54) is 29.6 Å². The molecule has 134 valence electrons. The minimum absolute atomic E-state index is 0. The molecule has 0 amide bonds. The molecule has 0 bridgehead atoms. The third-order valence-electron chi connectivity index (χ3n) is 3.48. The molecule has 0 radical (unpaired) electrons. The van der Waals surface area contributed by atoms with Crippen molar-refractivity contribution in [3.05, 3.63) is 23.8 Å². The van der Waals surface area contributed by atoms with Crippen molar-refractivity contribution >= 4 is 32.3 Å². The summed E-state index contributed by atoms with van der Waals surface area (Å²) in [6.45, 7) is 5.97. The molecule has 0 atom stereocenters. The Hall–Kier alpha value is -0.670. The van der Waals surface area contributed by atoms with Crippen LogP contribution in [0.3, 0.4) is 0 Å². The molecule has 0 aliphatic carbocycles. The van der Waals surface area contributed by atoms with Gasteiger partial charge in [-0.15, -0.1) is 12.4 Å². The van der Waals surface area contributed by atoms with Crippen LogP contribution >= 0.6 is 12.4 Å². The first-order chi connectivity index (χ1) is 9.81. The first-order valence-corrected chi connectivity index (χ1v) is 10.1. The van der Waals surface area contributed by atoms with E-state index in [2.05, 4.69) is 0 Å². The molecular weight excluding hydrogens is 360 g/mol. The fourth-order valence-corrected chi connectivity index (χ4v) is 4.34. The summed E-state index contributed by atoms with van der Waals surface area (Å²) >= 11 is 0. The van der Waals surface area contributed by atoms with Gasteiger partial charge in [0.05, 0.1) is 9.79 Å². The van der Waals surface area contributed by atoms with Crippen molar-refractivity contribution in [2.75, 3.05) is 26.4 Å². The predicted octanol–water partition coefficient (Wildman–Crippen LogP) is 1.43. The molecule has 23 heavy (non-hydrogen) atoms. The van der Waals surface area contributed by atoms with Gasteiger partial charge in [-0.1, -0.05) is 19.9 Å². The Morgan fingerprint density at radius 2 is 1.70 bits per heavy atom. The van der Waals surface area contributed by atoms with Crippen LogP contribution in [0.4, 0.5) is 0 Å². The maximum Gasteiger partial charge on any atom is 0.243 e. The molecule has 0 heterocycles. The number of sulfonamides is 1. The van der Waals surface area contributed by atoms with E-state index >= 15 is 0 Å². The summed E-state index contributed by atoms with van der Waals surface area (Å²) in [6.07, 6.45) is 1.05. The third kappa shape index (κ3) is 5.42. The molecule has 6 nitrogen and oxygen atoms in total. The Morgan fingerprint density at radius 1 is 1.17 bits per heavy atom. The molecule has 1 aromatic rings. The van der Waals surface area contributed by atoms with Crippen LogP contribution < -0.4 is 5.73 Å². The summed E-state index contributed by atoms with van der Waals surface area (Å²) in [7, 11) is -5.78. The van der Waals surface area contributed by atoms with Gasteiger partial charge in [0.15, 0.2) is 9.84 Å². The third-order valence-corrected chi connectivity index (χ3v) is 6.53. The largest absolute Gasteiger partial charge is 0.330 e. The molecule has 0 saturated heterocycles. The van der Waals surface area contributed by atoms with E-state index in [0.29, 0.717) is 12.1 Å². The Labute approximate surface area is 145 Å². The van der Waals surface area contributed by atoms with Gasteiger partial charge in [0.25, 0.3) is 0 Å². The van der Waals surface area contributed by atoms with E-state index < -0.39 is 19.9 Å². The fourth-order valence-electron chi connectivity index (χ4n) is 2.01. The second-order valence-corrected chi connectivity index (χ2v) is 10.4. The molecule has 0 fully saturated rings. The first-order valence-electron chi connectivity index (χ1n) is 6.78. The number of rotatable bonds is 6. The maximum absolute atomic E-state index is 12.7. The molecule has 1 rings (SSSR count). The Balaban J connectivity index is 0.00000484. The van der Waals surface area contributed by atoms with Crippen LogP contribution in [-0.4, -0.2) is 47.5 Å². The number of nitrogens with zero attached hydrogens (tertiary/aromatic N) is 1. The van der Waals surface area contributed by atoms with Gasteiger partial charge in [0, 0.05) is 19.8 Å². The monoisotopic (exact) mass is 384 g/mol. The molecule has 0 saturated carbocycles. The summed E-state index contributed by atoms with van der Waals surface area (Å²) in [5.74, 6) is 0. The van der Waals surface area contributed by atoms with Crippen LogP contribution in [0.5, 0.6) is 0 Å². The number of aryl methyl sites for hydroxylation is 1. The highest BCUT2D eigenvalue weighted by molar-refractivity contribution is 7.91. The lowest BCUT2D eigenvalue weighted by molar-refractivity contribution is 0.292. The smallest absolute Gasteiger partial charge is 0.243 e. The van der Waals surface area contributed by atoms with Gasteiger partial charge < -0.3 is 5.73 Å². The Morgan fingerprint density at radius 3 is 2.13 bits per heavy atom. The predicted molar refractivity (Wildman–Crippen MR) is 94.2 cm³/mol. The summed E-state index contributed by atoms with van der Waals surface area (Å²) in [5.41, 5.74) is 5.78. The van der Waals surface area contributed by atoms with E-state index in [1.54, 1.807) is 6.92 Å². The standard InChI is InChI=1S/C14H24N2O4S2.ClH/c1-11-6-7-12(21(5,17)18)8-13(11)22(19,20)16(4)10-14(2,3)9-15;/h6-8H,9-10,15H2,1-5H3;1H. The lowest BCUT2D eigenvalue weighted by Crippen LogP contribution is -2.39. The van der Waals surface area contributed by atoms with E-state index in [4.69, 9.17) is 5.73 Å². The van der Waals surface area contributed by atoms with Crippen molar-refractivity contribution in [3.8, 4) is 0 Å². The van der Waals surface area contributed by atoms with Gasteiger partial charge >= 0.3 is 0 Å². The van der Waals surface area contributed by atoms with Crippen LogP contribution in [0.2, 0.25) is 0 Å². The van der Waals surface area contributed by atoms with E-state index in [-0.39, 0.29) is 34.2 Å². The van der Waals surface area contributed by atoms with Crippen molar-refractivity contribution in [2.45, 2.75) is 30.6 Å². The van der Waals surface area contributed by atoms with Gasteiger partial charge in [-0.2, -0.15) is 0 Å². The normalized spacial score (nSPS) is 13.0. The number of hydrogen-bond donors (Lipinski definition) is 1. The van der Waals surface area contributed by atoms with Gasteiger partial charge in [0.2, 0.25) is 10.0 Å². The Bertz CT molecular complexity index is 759. The SMILES string of the molecule is Cc1ccc(S(C)(=O)=O)cc1S(=O)(=O)N(C)CC(C)(C)CN.Cl. The van der Waals surface area contributed by atoms with Crippen LogP contribution in [0, 0.1) is 12.3 Å². The molecule has 1 aromatic carbocycles. The van der Waals surface area contributed by atoms with E-state index in [9.17, 15) is 16.8 Å². The average Bonchev–Trinajstić information content (AvgIpc) is 2.37. The molecular formula is C14H25ClN2O4S2. The van der Waals surface area contributed by atoms with Crippen molar-refractivity contribution < 1.29 is 16.8 Å². The van der Waals surface area contributed by atoms with Gasteiger partial charge in [-0.3, -0.25) is 0 Å². The minimum Gasteiger partial charge on any atom is -0.330 e. The van der Waals surface area contributed by atoms with Crippen LogP contribution in [-0.2, 0) is 19.9 Å². The number of halogens is 1. The average molecular weight is 385 g/mol. The van der Waals surface area contributed by atoms with Crippen molar-refractivity contribution in [3.63, 3.8) is 0 Å². The molecule has 0 aromatic heterocycles. The molecule has 0 unspecified atom stereocenters. The highest BCUT2D eigenvalue weighted by Crippen LogP contribution is 2.25. The summed E-state index contributed by atoms with van der Waals surface area (Å²) < 4.78 is 49.9. The molecule has 0 aliphatic heterocycles. The summed E-state index contributed by atoms with van der Waals surface area (Å²) in [6, 6.07) is 4.13. The van der Waals surface area contributed by atoms with Crippen LogP contribution in [0.25, 0.3) is 0 Å². The minimum atomic E-state index is -3.78. The number of nitrogens with two attached hydrogens (primary N) is 1. The zero-order valence-electron chi connectivity index (χ0n) is 14.0. The van der Waals surface area contributed by atoms with Crippen LogP contribution in [0.1, 0.15) is 19.4 Å². The van der Waals surface area contributed by atoms with Gasteiger partial charge in [0.1, 0.15) is 0 Å². The van der Waals surface area contributed by atoms with E-state index in [1.807, 2.05) is 13.8 Å². The second-order valence-electron chi connectivity index (χ2n) is 6.33. The second kappa shape index (κ2) is 7.48.